The van der Waals surface area contributed by atoms with Gasteiger partial charge in [-0.3, -0.25) is 0 Å². The summed E-state index contributed by atoms with van der Waals surface area (Å²) >= 11 is 0. The van der Waals surface area contributed by atoms with Crippen molar-refractivity contribution in [3.63, 3.8) is 0 Å². The molecule has 114 valence electrons. The number of hydrogen-bond acceptors (Lipinski definition) is 2. The molecule has 2 rings (SSSR count). The first-order chi connectivity index (χ1) is 9.03. The van der Waals surface area contributed by atoms with Crippen molar-refractivity contribution in [2.45, 2.75) is 45.1 Å². The highest BCUT2D eigenvalue weighted by molar-refractivity contribution is 5.85. The smallest absolute Gasteiger partial charge is 0.0603 e. The van der Waals surface area contributed by atoms with Crippen LogP contribution in [0.5, 0.6) is 0 Å². The fourth-order valence-corrected chi connectivity index (χ4v) is 2.79. The van der Waals surface area contributed by atoms with Crippen molar-refractivity contribution in [3.05, 3.63) is 35.9 Å². The highest BCUT2D eigenvalue weighted by Crippen LogP contribution is 2.22. The van der Waals surface area contributed by atoms with E-state index in [9.17, 15) is 5.11 Å². The van der Waals surface area contributed by atoms with Crippen molar-refractivity contribution < 1.29 is 5.11 Å². The van der Waals surface area contributed by atoms with Crippen LogP contribution in [0.2, 0.25) is 0 Å². The molecule has 0 unspecified atom stereocenters. The Kier molecular flexibility index (Phi) is 7.01. The lowest BCUT2D eigenvalue weighted by atomic mass is 9.90. The van der Waals surface area contributed by atoms with Crippen LogP contribution in [0, 0.1) is 5.92 Å². The van der Waals surface area contributed by atoms with Crippen molar-refractivity contribution in [2.75, 3.05) is 19.6 Å². The van der Waals surface area contributed by atoms with Gasteiger partial charge in [0, 0.05) is 6.54 Å². The number of benzene rings is 1. The maximum atomic E-state index is 9.77. The quantitative estimate of drug-likeness (QED) is 0.899. The molecule has 0 bridgehead atoms. The van der Waals surface area contributed by atoms with Gasteiger partial charge in [0.1, 0.15) is 0 Å². The van der Waals surface area contributed by atoms with Crippen molar-refractivity contribution in [1.82, 2.24) is 4.90 Å². The van der Waals surface area contributed by atoms with Gasteiger partial charge >= 0.3 is 0 Å². The topological polar surface area (TPSA) is 23.5 Å². The summed E-state index contributed by atoms with van der Waals surface area (Å²) in [5.74, 6) is 0.834. The fourth-order valence-electron chi connectivity index (χ4n) is 2.79. The molecule has 0 radical (unpaired) electrons. The molecule has 0 atom stereocenters. The minimum Gasteiger partial charge on any atom is -0.390 e. The van der Waals surface area contributed by atoms with E-state index in [2.05, 4.69) is 35.2 Å². The van der Waals surface area contributed by atoms with Crippen LogP contribution >= 0.6 is 12.4 Å². The molecule has 1 fully saturated rings. The summed E-state index contributed by atoms with van der Waals surface area (Å²) in [6, 6.07) is 10.8. The van der Waals surface area contributed by atoms with Crippen LogP contribution in [0.1, 0.15) is 38.7 Å². The maximum absolute atomic E-state index is 9.77. The first-order valence-electron chi connectivity index (χ1n) is 7.51. The molecule has 1 aromatic carbocycles. The standard InChI is InChI=1S/C17H27NO.ClH/c1-17(2,19)10-13-18-11-8-16(9-12-18)14-15-6-4-3-5-7-15;/h3-7,16,19H,8-14H2,1-2H3;1H. The Bertz CT molecular complexity index is 366. The molecule has 1 aromatic rings. The third-order valence-corrected chi connectivity index (χ3v) is 4.11. The molecule has 0 amide bonds. The van der Waals surface area contributed by atoms with Gasteiger partial charge in [0.15, 0.2) is 0 Å². The molecule has 1 N–H and O–H groups in total. The van der Waals surface area contributed by atoms with Gasteiger partial charge in [0.05, 0.1) is 5.60 Å². The molecule has 1 saturated heterocycles. The molecule has 0 spiro atoms. The van der Waals surface area contributed by atoms with Crippen LogP contribution in [0.4, 0.5) is 0 Å². The number of aliphatic hydroxyl groups is 1. The van der Waals surface area contributed by atoms with Crippen molar-refractivity contribution in [1.29, 1.82) is 0 Å². The summed E-state index contributed by atoms with van der Waals surface area (Å²) in [4.78, 5) is 2.50. The minimum absolute atomic E-state index is 0. The van der Waals surface area contributed by atoms with Gasteiger partial charge in [-0.15, -0.1) is 12.4 Å². The Labute approximate surface area is 129 Å². The van der Waals surface area contributed by atoms with Crippen LogP contribution in [-0.2, 0) is 6.42 Å². The highest BCUT2D eigenvalue weighted by atomic mass is 35.5. The first kappa shape index (κ1) is 17.5. The predicted octanol–water partition coefficient (Wildman–Crippen LogP) is 3.52. The van der Waals surface area contributed by atoms with Gasteiger partial charge in [0.25, 0.3) is 0 Å². The molecule has 1 aliphatic heterocycles. The molecular formula is C17H28ClNO. The zero-order valence-corrected chi connectivity index (χ0v) is 13.5. The van der Waals surface area contributed by atoms with Gasteiger partial charge in [-0.1, -0.05) is 30.3 Å². The maximum Gasteiger partial charge on any atom is 0.0603 e. The molecule has 0 aliphatic carbocycles. The third kappa shape index (κ3) is 6.25. The number of piperidine rings is 1. The van der Waals surface area contributed by atoms with Crippen LogP contribution < -0.4 is 0 Å². The number of nitrogens with zero attached hydrogens (tertiary/aromatic N) is 1. The van der Waals surface area contributed by atoms with E-state index in [-0.39, 0.29) is 12.4 Å². The summed E-state index contributed by atoms with van der Waals surface area (Å²) in [5, 5.41) is 9.77. The van der Waals surface area contributed by atoms with E-state index in [0.717, 1.165) is 18.9 Å². The van der Waals surface area contributed by atoms with E-state index < -0.39 is 5.60 Å². The lowest BCUT2D eigenvalue weighted by Crippen LogP contribution is -2.37. The van der Waals surface area contributed by atoms with E-state index >= 15 is 0 Å². The lowest BCUT2D eigenvalue weighted by Gasteiger charge is -2.33. The minimum atomic E-state index is -0.527. The normalized spacial score (nSPS) is 17.8. The average Bonchev–Trinajstić information content (AvgIpc) is 2.38. The van der Waals surface area contributed by atoms with Gasteiger partial charge in [0.2, 0.25) is 0 Å². The van der Waals surface area contributed by atoms with E-state index in [1.807, 2.05) is 13.8 Å². The summed E-state index contributed by atoms with van der Waals surface area (Å²) in [6.07, 6.45) is 4.68. The molecule has 3 heteroatoms. The van der Waals surface area contributed by atoms with E-state index in [0.29, 0.717) is 0 Å². The number of rotatable bonds is 5. The number of hydrogen-bond donors (Lipinski definition) is 1. The van der Waals surface area contributed by atoms with E-state index in [1.54, 1.807) is 0 Å². The van der Waals surface area contributed by atoms with Crippen LogP contribution in [-0.4, -0.2) is 35.2 Å². The zero-order valence-electron chi connectivity index (χ0n) is 12.7. The second-order valence-corrected chi connectivity index (χ2v) is 6.54. The SMILES string of the molecule is CC(C)(O)CCN1CCC(Cc2ccccc2)CC1.Cl. The van der Waals surface area contributed by atoms with Gasteiger partial charge in [-0.25, -0.2) is 0 Å². The van der Waals surface area contributed by atoms with Crippen LogP contribution in [0.15, 0.2) is 30.3 Å². The van der Waals surface area contributed by atoms with Crippen LogP contribution in [0.25, 0.3) is 0 Å². The lowest BCUT2D eigenvalue weighted by molar-refractivity contribution is 0.0521. The highest BCUT2D eigenvalue weighted by Gasteiger charge is 2.21. The van der Waals surface area contributed by atoms with Gasteiger partial charge in [-0.2, -0.15) is 0 Å². The Morgan fingerprint density at radius 3 is 2.30 bits per heavy atom. The fraction of sp³-hybridized carbons (Fsp3) is 0.647. The molecular weight excluding hydrogens is 270 g/mol. The molecule has 0 saturated carbocycles. The van der Waals surface area contributed by atoms with Gasteiger partial charge < -0.3 is 10.0 Å². The molecule has 2 nitrogen and oxygen atoms in total. The molecule has 1 heterocycles. The first-order valence-corrected chi connectivity index (χ1v) is 7.51. The van der Waals surface area contributed by atoms with Crippen molar-refractivity contribution in [3.8, 4) is 0 Å². The van der Waals surface area contributed by atoms with E-state index in [4.69, 9.17) is 0 Å². The van der Waals surface area contributed by atoms with Gasteiger partial charge in [-0.05, 0) is 64.1 Å². The van der Waals surface area contributed by atoms with Crippen molar-refractivity contribution in [2.24, 2.45) is 5.92 Å². The van der Waals surface area contributed by atoms with Crippen LogP contribution in [0.3, 0.4) is 0 Å². The Hall–Kier alpha value is -0.570. The second kappa shape index (κ2) is 8.02. The zero-order chi connectivity index (χ0) is 13.7. The third-order valence-electron chi connectivity index (χ3n) is 4.11. The van der Waals surface area contributed by atoms with E-state index in [1.165, 1.54) is 37.9 Å². The number of halogens is 1. The monoisotopic (exact) mass is 297 g/mol. The Balaban J connectivity index is 0.00000200. The molecule has 1 aliphatic rings. The summed E-state index contributed by atoms with van der Waals surface area (Å²) in [7, 11) is 0. The predicted molar refractivity (Wildman–Crippen MR) is 87.5 cm³/mol. The summed E-state index contributed by atoms with van der Waals surface area (Å²) in [5.41, 5.74) is 0.943. The average molecular weight is 298 g/mol. The molecule has 20 heavy (non-hydrogen) atoms. The summed E-state index contributed by atoms with van der Waals surface area (Å²) in [6.45, 7) is 7.20. The Morgan fingerprint density at radius 2 is 1.75 bits per heavy atom. The number of likely N-dealkylation sites (tertiary alicyclic amines) is 1. The molecule has 0 aromatic heterocycles. The largest absolute Gasteiger partial charge is 0.390 e. The second-order valence-electron chi connectivity index (χ2n) is 6.54. The Morgan fingerprint density at radius 1 is 1.15 bits per heavy atom. The van der Waals surface area contributed by atoms with Crippen molar-refractivity contribution >= 4 is 12.4 Å². The summed E-state index contributed by atoms with van der Waals surface area (Å²) < 4.78 is 0.